The fourth-order valence-corrected chi connectivity index (χ4v) is 3.62. The molecule has 0 saturated heterocycles. The summed E-state index contributed by atoms with van der Waals surface area (Å²) in [6, 6.07) is 9.23. The number of nitrogens with zero attached hydrogens (tertiary/aromatic N) is 2. The van der Waals surface area contributed by atoms with E-state index in [1.54, 1.807) is 12.1 Å². The number of primary sulfonamides is 1. The maximum atomic E-state index is 11.4. The van der Waals surface area contributed by atoms with Gasteiger partial charge in [0, 0.05) is 35.8 Å². The van der Waals surface area contributed by atoms with Crippen molar-refractivity contribution in [2.24, 2.45) is 5.14 Å². The van der Waals surface area contributed by atoms with Gasteiger partial charge in [-0.1, -0.05) is 12.1 Å². The van der Waals surface area contributed by atoms with Gasteiger partial charge in [0.2, 0.25) is 10.0 Å². The lowest BCUT2D eigenvalue weighted by atomic mass is 10.0. The van der Waals surface area contributed by atoms with Crippen molar-refractivity contribution in [3.05, 3.63) is 63.2 Å². The van der Waals surface area contributed by atoms with E-state index in [9.17, 15) is 18.5 Å². The number of benzene rings is 2. The van der Waals surface area contributed by atoms with E-state index in [1.165, 1.54) is 24.3 Å². The molecule has 0 spiro atoms. The second-order valence-electron chi connectivity index (χ2n) is 6.67. The van der Waals surface area contributed by atoms with Crippen LogP contribution in [-0.2, 0) is 27.9 Å². The predicted molar refractivity (Wildman–Crippen MR) is 101 cm³/mol. The monoisotopic (exact) mass is 407 g/mol. The standard InChI is InChI=1S/C18H21N3O6S/c1-12(13-3-5-17(6-4-13)28(19,24)25)20(2)9-14-7-16(21(22)23)8-15-10-26-11-27-18(14)15/h3-8,12H,9-11H2,1-2H3,(H2,19,24,25)/t12-/m0/s1. The van der Waals surface area contributed by atoms with E-state index >= 15 is 0 Å². The predicted octanol–water partition coefficient (Wildman–Crippen LogP) is 2.30. The van der Waals surface area contributed by atoms with Gasteiger partial charge in [0.05, 0.1) is 16.4 Å². The summed E-state index contributed by atoms with van der Waals surface area (Å²) in [5.74, 6) is 0.612. The fourth-order valence-electron chi connectivity index (χ4n) is 3.10. The van der Waals surface area contributed by atoms with Gasteiger partial charge in [-0.25, -0.2) is 13.6 Å². The number of nitro benzene ring substituents is 1. The van der Waals surface area contributed by atoms with Crippen LogP contribution in [0.4, 0.5) is 5.69 Å². The molecule has 3 rings (SSSR count). The molecule has 0 radical (unpaired) electrons. The van der Waals surface area contributed by atoms with Crippen LogP contribution in [0.1, 0.15) is 29.7 Å². The Balaban J connectivity index is 1.85. The lowest BCUT2D eigenvalue weighted by Crippen LogP contribution is -2.23. The van der Waals surface area contributed by atoms with E-state index in [0.717, 1.165) is 5.56 Å². The zero-order valence-corrected chi connectivity index (χ0v) is 16.3. The molecule has 0 fully saturated rings. The highest BCUT2D eigenvalue weighted by Gasteiger charge is 2.23. The van der Waals surface area contributed by atoms with Gasteiger partial charge in [-0.2, -0.15) is 0 Å². The summed E-state index contributed by atoms with van der Waals surface area (Å²) in [7, 11) is -1.87. The third-order valence-corrected chi connectivity index (χ3v) is 5.68. The van der Waals surface area contributed by atoms with Crippen LogP contribution >= 0.6 is 0 Å². The lowest BCUT2D eigenvalue weighted by Gasteiger charge is -2.27. The van der Waals surface area contributed by atoms with Gasteiger partial charge in [0.25, 0.3) is 5.69 Å². The first-order chi connectivity index (χ1) is 13.2. The van der Waals surface area contributed by atoms with Crippen LogP contribution in [0.15, 0.2) is 41.3 Å². The molecule has 0 aliphatic carbocycles. The third kappa shape index (κ3) is 4.30. The number of ether oxygens (including phenoxy) is 2. The van der Waals surface area contributed by atoms with Crippen molar-refractivity contribution >= 4 is 15.7 Å². The van der Waals surface area contributed by atoms with Gasteiger partial charge in [-0.15, -0.1) is 0 Å². The smallest absolute Gasteiger partial charge is 0.270 e. The molecule has 1 aliphatic rings. The van der Waals surface area contributed by atoms with Gasteiger partial charge < -0.3 is 9.47 Å². The van der Waals surface area contributed by atoms with Crippen molar-refractivity contribution in [2.75, 3.05) is 13.8 Å². The van der Waals surface area contributed by atoms with Gasteiger partial charge in [0.15, 0.2) is 6.79 Å². The summed E-state index contributed by atoms with van der Waals surface area (Å²) < 4.78 is 33.6. The Morgan fingerprint density at radius 2 is 1.96 bits per heavy atom. The third-order valence-electron chi connectivity index (χ3n) is 4.75. The summed E-state index contributed by atoms with van der Waals surface area (Å²) >= 11 is 0. The van der Waals surface area contributed by atoms with E-state index in [4.69, 9.17) is 14.6 Å². The summed E-state index contributed by atoms with van der Waals surface area (Å²) in [5, 5.41) is 16.4. The molecular weight excluding hydrogens is 386 g/mol. The van der Waals surface area contributed by atoms with Crippen LogP contribution in [0.5, 0.6) is 5.75 Å². The van der Waals surface area contributed by atoms with Crippen LogP contribution in [0.3, 0.4) is 0 Å². The van der Waals surface area contributed by atoms with Crippen LogP contribution in [0.25, 0.3) is 0 Å². The zero-order valence-electron chi connectivity index (χ0n) is 15.5. The summed E-state index contributed by atoms with van der Waals surface area (Å²) in [5.41, 5.74) is 2.22. The SMILES string of the molecule is C[C@@H](c1ccc(S(N)(=O)=O)cc1)N(C)Cc1cc([N+](=O)[O-])cc2c1OCOC2. The summed E-state index contributed by atoms with van der Waals surface area (Å²) in [6.45, 7) is 2.73. The molecule has 1 aliphatic heterocycles. The second-order valence-corrected chi connectivity index (χ2v) is 8.23. The van der Waals surface area contributed by atoms with Crippen molar-refractivity contribution in [2.45, 2.75) is 31.0 Å². The molecule has 9 nitrogen and oxygen atoms in total. The molecule has 2 N–H and O–H groups in total. The highest BCUT2D eigenvalue weighted by Crippen LogP contribution is 2.34. The van der Waals surface area contributed by atoms with Crippen molar-refractivity contribution in [3.63, 3.8) is 0 Å². The topological polar surface area (TPSA) is 125 Å². The molecule has 0 bridgehead atoms. The minimum absolute atomic E-state index is 0.0126. The minimum Gasteiger partial charge on any atom is -0.467 e. The highest BCUT2D eigenvalue weighted by atomic mass is 32.2. The first kappa shape index (κ1) is 20.2. The number of hydrogen-bond acceptors (Lipinski definition) is 7. The molecule has 0 saturated carbocycles. The Bertz CT molecular complexity index is 991. The van der Waals surface area contributed by atoms with E-state index < -0.39 is 14.9 Å². The van der Waals surface area contributed by atoms with Gasteiger partial charge >= 0.3 is 0 Å². The quantitative estimate of drug-likeness (QED) is 0.575. The van der Waals surface area contributed by atoms with Crippen molar-refractivity contribution < 1.29 is 22.8 Å². The Kier molecular flexibility index (Phi) is 5.66. The number of sulfonamides is 1. The number of nitrogens with two attached hydrogens (primary N) is 1. The molecule has 1 heterocycles. The minimum atomic E-state index is -3.74. The molecular formula is C18H21N3O6S. The fraction of sp³-hybridized carbons (Fsp3) is 0.333. The number of rotatable bonds is 6. The number of hydrogen-bond donors (Lipinski definition) is 1. The summed E-state index contributed by atoms with van der Waals surface area (Å²) in [6.07, 6.45) is 0. The molecule has 0 amide bonds. The normalized spacial score (nSPS) is 15.0. The largest absolute Gasteiger partial charge is 0.467 e. The zero-order chi connectivity index (χ0) is 20.5. The van der Waals surface area contributed by atoms with Crippen molar-refractivity contribution in [3.8, 4) is 5.75 Å². The molecule has 10 heteroatoms. The van der Waals surface area contributed by atoms with Gasteiger partial charge in [-0.05, 0) is 31.7 Å². The first-order valence-corrected chi connectivity index (χ1v) is 10.0. The van der Waals surface area contributed by atoms with Crippen LogP contribution < -0.4 is 9.88 Å². The Hall–Kier alpha value is -2.53. The Morgan fingerprint density at radius 3 is 2.57 bits per heavy atom. The maximum absolute atomic E-state index is 11.4. The van der Waals surface area contributed by atoms with Crippen LogP contribution in [-0.4, -0.2) is 32.1 Å². The molecule has 2 aromatic carbocycles. The van der Waals surface area contributed by atoms with E-state index in [1.807, 2.05) is 18.9 Å². The van der Waals surface area contributed by atoms with Crippen LogP contribution in [0, 0.1) is 10.1 Å². The van der Waals surface area contributed by atoms with Crippen molar-refractivity contribution in [1.29, 1.82) is 0 Å². The van der Waals surface area contributed by atoms with E-state index in [2.05, 4.69) is 0 Å². The number of non-ortho nitro benzene ring substituents is 1. The summed E-state index contributed by atoms with van der Waals surface area (Å²) in [4.78, 5) is 12.8. The second kappa shape index (κ2) is 7.84. The lowest BCUT2D eigenvalue weighted by molar-refractivity contribution is -0.385. The van der Waals surface area contributed by atoms with Crippen LogP contribution in [0.2, 0.25) is 0 Å². The Labute approximate surface area is 162 Å². The number of nitro groups is 1. The maximum Gasteiger partial charge on any atom is 0.270 e. The molecule has 150 valence electrons. The molecule has 2 aromatic rings. The van der Waals surface area contributed by atoms with Crippen molar-refractivity contribution in [1.82, 2.24) is 4.90 Å². The first-order valence-electron chi connectivity index (χ1n) is 8.50. The van der Waals surface area contributed by atoms with Gasteiger partial charge in [-0.3, -0.25) is 15.0 Å². The average Bonchev–Trinajstić information content (AvgIpc) is 2.66. The highest BCUT2D eigenvalue weighted by molar-refractivity contribution is 7.89. The molecule has 28 heavy (non-hydrogen) atoms. The molecule has 1 atom stereocenters. The van der Waals surface area contributed by atoms with E-state index in [-0.39, 0.29) is 30.0 Å². The van der Waals surface area contributed by atoms with Gasteiger partial charge in [0.1, 0.15) is 5.75 Å². The Morgan fingerprint density at radius 1 is 1.29 bits per heavy atom. The average molecular weight is 407 g/mol. The molecule has 0 unspecified atom stereocenters. The van der Waals surface area contributed by atoms with E-state index in [0.29, 0.717) is 23.4 Å². The number of fused-ring (bicyclic) bond motifs is 1. The molecule has 0 aromatic heterocycles.